The van der Waals surface area contributed by atoms with Crippen molar-refractivity contribution in [2.24, 2.45) is 10.9 Å². The number of aliphatic imine (C=N–C) groups is 1. The molecule has 0 spiro atoms. The van der Waals surface area contributed by atoms with Crippen LogP contribution in [0.3, 0.4) is 0 Å². The van der Waals surface area contributed by atoms with Crippen molar-refractivity contribution in [3.05, 3.63) is 23.9 Å². The highest BCUT2D eigenvalue weighted by Crippen LogP contribution is 2.29. The third-order valence-electron chi connectivity index (χ3n) is 5.33. The molecule has 3 rings (SSSR count). The predicted molar refractivity (Wildman–Crippen MR) is 126 cm³/mol. The summed E-state index contributed by atoms with van der Waals surface area (Å²) in [5.41, 5.74) is 1.13. The molecule has 1 saturated carbocycles. The number of nitrogens with zero attached hydrogens (tertiary/aromatic N) is 3. The third-order valence-corrected chi connectivity index (χ3v) is 5.33. The highest BCUT2D eigenvalue weighted by molar-refractivity contribution is 14.0. The molecule has 0 amide bonds. The maximum atomic E-state index is 5.78. The molecule has 0 bridgehead atoms. The van der Waals surface area contributed by atoms with Gasteiger partial charge in [-0.3, -0.25) is 0 Å². The van der Waals surface area contributed by atoms with Crippen molar-refractivity contribution in [1.29, 1.82) is 0 Å². The summed E-state index contributed by atoms with van der Waals surface area (Å²) in [5.74, 6) is 2.35. The van der Waals surface area contributed by atoms with Crippen molar-refractivity contribution in [2.45, 2.75) is 65.1 Å². The van der Waals surface area contributed by atoms with Gasteiger partial charge in [0.2, 0.25) is 5.88 Å². The number of hydrogen-bond donors (Lipinski definition) is 2. The van der Waals surface area contributed by atoms with Gasteiger partial charge in [-0.05, 0) is 64.0 Å². The maximum Gasteiger partial charge on any atom is 0.213 e. The fourth-order valence-corrected chi connectivity index (χ4v) is 3.36. The van der Waals surface area contributed by atoms with E-state index in [0.29, 0.717) is 24.5 Å². The zero-order chi connectivity index (χ0) is 19.1. The quantitative estimate of drug-likeness (QED) is 0.325. The Morgan fingerprint density at radius 2 is 2.04 bits per heavy atom. The van der Waals surface area contributed by atoms with Crippen LogP contribution < -0.4 is 15.4 Å². The van der Waals surface area contributed by atoms with Crippen LogP contribution in [0.15, 0.2) is 23.3 Å². The average Bonchev–Trinajstić information content (AvgIpc) is 3.50. The van der Waals surface area contributed by atoms with Gasteiger partial charge >= 0.3 is 0 Å². The molecule has 1 aromatic heterocycles. The average molecular weight is 501 g/mol. The zero-order valence-electron chi connectivity index (χ0n) is 17.5. The van der Waals surface area contributed by atoms with E-state index in [0.717, 1.165) is 56.5 Å². The van der Waals surface area contributed by atoms with Gasteiger partial charge in [0.15, 0.2) is 5.96 Å². The number of likely N-dealkylation sites (tertiary alicyclic amines) is 1. The highest BCUT2D eigenvalue weighted by atomic mass is 127. The summed E-state index contributed by atoms with van der Waals surface area (Å²) in [5, 5.41) is 6.99. The van der Waals surface area contributed by atoms with E-state index in [9.17, 15) is 0 Å². The van der Waals surface area contributed by atoms with E-state index < -0.39 is 0 Å². The summed E-state index contributed by atoms with van der Waals surface area (Å²) in [6.07, 6.45) is 6.72. The van der Waals surface area contributed by atoms with E-state index >= 15 is 0 Å². The molecule has 1 aliphatic heterocycles. The normalized spacial score (nSPS) is 18.6. The second-order valence-electron chi connectivity index (χ2n) is 8.00. The maximum absolute atomic E-state index is 5.78. The molecule has 0 aromatic carbocycles. The minimum absolute atomic E-state index is 0. The van der Waals surface area contributed by atoms with E-state index in [2.05, 4.69) is 41.3 Å². The van der Waals surface area contributed by atoms with Gasteiger partial charge in [0.1, 0.15) is 0 Å². The van der Waals surface area contributed by atoms with Gasteiger partial charge in [-0.25, -0.2) is 9.98 Å². The van der Waals surface area contributed by atoms with E-state index in [1.165, 1.54) is 12.8 Å². The van der Waals surface area contributed by atoms with Gasteiger partial charge in [0, 0.05) is 44.0 Å². The minimum atomic E-state index is 0. The third kappa shape index (κ3) is 7.73. The monoisotopic (exact) mass is 501 g/mol. The Balaban J connectivity index is 0.00000280. The van der Waals surface area contributed by atoms with Crippen LogP contribution in [0.5, 0.6) is 5.88 Å². The molecule has 1 aromatic rings. The van der Waals surface area contributed by atoms with Crippen LogP contribution in [0.25, 0.3) is 0 Å². The Morgan fingerprint density at radius 3 is 2.68 bits per heavy atom. The Labute approximate surface area is 186 Å². The molecule has 0 atom stereocenters. The first-order chi connectivity index (χ1) is 13.1. The number of rotatable bonds is 8. The highest BCUT2D eigenvalue weighted by Gasteiger charge is 2.22. The number of piperidine rings is 1. The first-order valence-corrected chi connectivity index (χ1v) is 10.5. The lowest BCUT2D eigenvalue weighted by atomic mass is 10.0. The molecule has 2 fully saturated rings. The lowest BCUT2D eigenvalue weighted by molar-refractivity contribution is 0.167. The number of halogens is 1. The van der Waals surface area contributed by atoms with Crippen LogP contribution in [0.2, 0.25) is 0 Å². The second-order valence-corrected chi connectivity index (χ2v) is 8.00. The van der Waals surface area contributed by atoms with Crippen molar-refractivity contribution in [2.75, 3.05) is 26.2 Å². The molecule has 158 valence electrons. The molecule has 2 heterocycles. The molecule has 6 nitrogen and oxygen atoms in total. The van der Waals surface area contributed by atoms with Crippen molar-refractivity contribution >= 4 is 29.9 Å². The molecule has 28 heavy (non-hydrogen) atoms. The fraction of sp³-hybridized carbons (Fsp3) is 0.714. The summed E-state index contributed by atoms with van der Waals surface area (Å²) in [6.45, 7) is 11.2. The topological polar surface area (TPSA) is 61.8 Å². The van der Waals surface area contributed by atoms with Gasteiger partial charge in [-0.2, -0.15) is 0 Å². The van der Waals surface area contributed by atoms with Gasteiger partial charge in [0.25, 0.3) is 0 Å². The molecule has 2 aliphatic rings. The summed E-state index contributed by atoms with van der Waals surface area (Å²) < 4.78 is 5.78. The number of pyridine rings is 1. The molecular weight excluding hydrogens is 465 g/mol. The number of aromatic nitrogens is 1. The van der Waals surface area contributed by atoms with E-state index in [1.54, 1.807) is 0 Å². The van der Waals surface area contributed by atoms with Gasteiger partial charge in [-0.1, -0.05) is 0 Å². The largest absolute Gasteiger partial charge is 0.477 e. The number of guanidine groups is 1. The zero-order valence-corrected chi connectivity index (χ0v) is 19.8. The van der Waals surface area contributed by atoms with Crippen LogP contribution >= 0.6 is 24.0 Å². The summed E-state index contributed by atoms with van der Waals surface area (Å²) in [7, 11) is 0. The standard InChI is InChI=1S/C21H35N5O.HI/c1-4-22-21(25-19-8-11-26(12-9-19)16(2)3)24-14-18-7-10-23-20(13-18)27-15-17-5-6-17;/h7,10,13,16-17,19H,4-6,8-9,11-12,14-15H2,1-3H3,(H2,22,24,25);1H. The Bertz CT molecular complexity index is 613. The fourth-order valence-electron chi connectivity index (χ4n) is 3.36. The smallest absolute Gasteiger partial charge is 0.213 e. The van der Waals surface area contributed by atoms with E-state index in [-0.39, 0.29) is 24.0 Å². The van der Waals surface area contributed by atoms with E-state index in [4.69, 9.17) is 9.73 Å². The Hall–Kier alpha value is -1.09. The lowest BCUT2D eigenvalue weighted by Gasteiger charge is -2.35. The van der Waals surface area contributed by atoms with Crippen molar-refractivity contribution < 1.29 is 4.74 Å². The van der Waals surface area contributed by atoms with Crippen LogP contribution in [-0.2, 0) is 6.54 Å². The summed E-state index contributed by atoms with van der Waals surface area (Å²) in [4.78, 5) is 11.6. The number of nitrogens with one attached hydrogen (secondary N) is 2. The van der Waals surface area contributed by atoms with Crippen molar-refractivity contribution in [1.82, 2.24) is 20.5 Å². The predicted octanol–water partition coefficient (Wildman–Crippen LogP) is 3.42. The summed E-state index contributed by atoms with van der Waals surface area (Å²) in [6, 6.07) is 5.15. The van der Waals surface area contributed by atoms with Crippen LogP contribution in [0.1, 0.15) is 52.0 Å². The summed E-state index contributed by atoms with van der Waals surface area (Å²) >= 11 is 0. The first-order valence-electron chi connectivity index (χ1n) is 10.5. The molecular formula is C21H36IN5O. The molecule has 0 unspecified atom stereocenters. The molecule has 1 aliphatic carbocycles. The molecule has 0 radical (unpaired) electrons. The molecule has 2 N–H and O–H groups in total. The number of ether oxygens (including phenoxy) is 1. The Kier molecular flexibility index (Phi) is 9.77. The van der Waals surface area contributed by atoms with Crippen LogP contribution in [0.4, 0.5) is 0 Å². The Morgan fingerprint density at radius 1 is 1.29 bits per heavy atom. The lowest BCUT2D eigenvalue weighted by Crippen LogP contribution is -2.49. The number of hydrogen-bond acceptors (Lipinski definition) is 4. The van der Waals surface area contributed by atoms with Crippen LogP contribution in [-0.4, -0.2) is 54.2 Å². The van der Waals surface area contributed by atoms with E-state index in [1.807, 2.05) is 18.3 Å². The van der Waals surface area contributed by atoms with Crippen LogP contribution in [0, 0.1) is 5.92 Å². The second kappa shape index (κ2) is 11.8. The first kappa shape index (κ1) is 23.2. The van der Waals surface area contributed by atoms with Crippen molar-refractivity contribution in [3.8, 4) is 5.88 Å². The minimum Gasteiger partial charge on any atom is -0.477 e. The molecule has 1 saturated heterocycles. The molecule has 7 heteroatoms. The van der Waals surface area contributed by atoms with Gasteiger partial charge in [0.05, 0.1) is 13.2 Å². The van der Waals surface area contributed by atoms with Gasteiger partial charge in [-0.15, -0.1) is 24.0 Å². The van der Waals surface area contributed by atoms with Crippen molar-refractivity contribution in [3.63, 3.8) is 0 Å². The van der Waals surface area contributed by atoms with Gasteiger partial charge < -0.3 is 20.3 Å². The SMILES string of the molecule is CCNC(=NCc1ccnc(OCC2CC2)c1)NC1CCN(C(C)C)CC1.I.